The van der Waals surface area contributed by atoms with Crippen molar-refractivity contribution in [2.75, 3.05) is 13.7 Å². The Morgan fingerprint density at radius 2 is 2.17 bits per heavy atom. The lowest BCUT2D eigenvalue weighted by Gasteiger charge is -2.24. The Hall–Kier alpha value is -2.34. The zero-order valence-corrected chi connectivity index (χ0v) is 14.2. The van der Waals surface area contributed by atoms with Crippen LogP contribution in [-0.4, -0.2) is 45.5 Å². The molecular formula is C18H23N3O3. The number of rotatable bonds is 4. The molecule has 1 amide bonds. The lowest BCUT2D eigenvalue weighted by Crippen LogP contribution is -2.32. The van der Waals surface area contributed by atoms with Crippen molar-refractivity contribution in [2.24, 2.45) is 0 Å². The Balaban J connectivity index is 1.87. The normalized spacial score (nSPS) is 20.6. The molecule has 1 fully saturated rings. The second kappa shape index (κ2) is 6.65. The van der Waals surface area contributed by atoms with E-state index in [1.165, 1.54) is 0 Å². The summed E-state index contributed by atoms with van der Waals surface area (Å²) in [5.74, 6) is 0.587. The minimum atomic E-state index is -0.530. The van der Waals surface area contributed by atoms with Crippen LogP contribution in [0.1, 0.15) is 48.4 Å². The number of hydrogen-bond donors (Lipinski definition) is 1. The fourth-order valence-corrected chi connectivity index (χ4v) is 3.09. The van der Waals surface area contributed by atoms with Crippen LogP contribution in [0.2, 0.25) is 0 Å². The van der Waals surface area contributed by atoms with E-state index < -0.39 is 6.10 Å². The number of methoxy groups -OCH3 is 1. The van der Waals surface area contributed by atoms with Gasteiger partial charge in [-0.2, -0.15) is 5.10 Å². The SMILES string of the molecule is COc1cccc([C@H]2C[C@@H](O)CN2C(=O)c2ccn(C(C)C)n2)c1. The van der Waals surface area contributed by atoms with Gasteiger partial charge in [0.1, 0.15) is 11.4 Å². The minimum Gasteiger partial charge on any atom is -0.497 e. The number of benzene rings is 1. The summed E-state index contributed by atoms with van der Waals surface area (Å²) in [4.78, 5) is 14.6. The van der Waals surface area contributed by atoms with E-state index in [1.807, 2.05) is 44.3 Å². The van der Waals surface area contributed by atoms with Crippen LogP contribution in [0.25, 0.3) is 0 Å². The van der Waals surface area contributed by atoms with Gasteiger partial charge in [0.25, 0.3) is 5.91 Å². The maximum absolute atomic E-state index is 12.9. The van der Waals surface area contributed by atoms with Crippen LogP contribution in [0.5, 0.6) is 5.75 Å². The standard InChI is InChI=1S/C18H23N3O3/c1-12(2)21-8-7-16(19-21)18(23)20-11-14(22)10-17(20)13-5-4-6-15(9-13)24-3/h4-9,12,14,17,22H,10-11H2,1-3H3/t14-,17-/m1/s1. The van der Waals surface area contributed by atoms with Gasteiger partial charge < -0.3 is 14.7 Å². The fourth-order valence-electron chi connectivity index (χ4n) is 3.09. The number of nitrogens with zero attached hydrogens (tertiary/aromatic N) is 3. The predicted octanol–water partition coefficient (Wildman–Crippen LogP) is 2.42. The summed E-state index contributed by atoms with van der Waals surface area (Å²) in [5, 5.41) is 14.5. The molecule has 6 heteroatoms. The largest absolute Gasteiger partial charge is 0.497 e. The first kappa shape index (κ1) is 16.5. The lowest BCUT2D eigenvalue weighted by molar-refractivity contribution is 0.0708. The van der Waals surface area contributed by atoms with Gasteiger partial charge >= 0.3 is 0 Å². The highest BCUT2D eigenvalue weighted by atomic mass is 16.5. The third kappa shape index (κ3) is 3.14. The lowest BCUT2D eigenvalue weighted by atomic mass is 10.0. The third-order valence-electron chi connectivity index (χ3n) is 4.37. The van der Waals surface area contributed by atoms with E-state index in [4.69, 9.17) is 4.74 Å². The van der Waals surface area contributed by atoms with Gasteiger partial charge in [-0.25, -0.2) is 0 Å². The monoisotopic (exact) mass is 329 g/mol. The summed E-state index contributed by atoms with van der Waals surface area (Å²) >= 11 is 0. The number of β-amino-alcohol motifs (C(OH)–C–C–N with tert-alkyl or cyclic N) is 1. The molecule has 0 unspecified atom stereocenters. The number of hydrogen-bond acceptors (Lipinski definition) is 4. The summed E-state index contributed by atoms with van der Waals surface area (Å²) < 4.78 is 7.03. The van der Waals surface area contributed by atoms with Crippen LogP contribution in [-0.2, 0) is 0 Å². The number of aromatic nitrogens is 2. The van der Waals surface area contributed by atoms with Crippen LogP contribution in [0.3, 0.4) is 0 Å². The van der Waals surface area contributed by atoms with Crippen LogP contribution in [0.15, 0.2) is 36.5 Å². The third-order valence-corrected chi connectivity index (χ3v) is 4.37. The van der Waals surface area contributed by atoms with Crippen molar-refractivity contribution in [3.05, 3.63) is 47.8 Å². The molecular weight excluding hydrogens is 306 g/mol. The summed E-state index contributed by atoms with van der Waals surface area (Å²) in [6, 6.07) is 9.39. The highest BCUT2D eigenvalue weighted by molar-refractivity contribution is 5.92. The molecule has 0 aliphatic carbocycles. The fraction of sp³-hybridized carbons (Fsp3) is 0.444. The van der Waals surface area contributed by atoms with Gasteiger partial charge in [0.15, 0.2) is 0 Å². The van der Waals surface area contributed by atoms with Gasteiger partial charge in [0.2, 0.25) is 0 Å². The van der Waals surface area contributed by atoms with Crippen molar-refractivity contribution in [3.63, 3.8) is 0 Å². The maximum Gasteiger partial charge on any atom is 0.274 e. The van der Waals surface area contributed by atoms with E-state index in [-0.39, 0.29) is 18.0 Å². The quantitative estimate of drug-likeness (QED) is 0.935. The topological polar surface area (TPSA) is 67.6 Å². The number of carbonyl (C=O) groups is 1. The van der Waals surface area contributed by atoms with Crippen LogP contribution >= 0.6 is 0 Å². The first-order valence-electron chi connectivity index (χ1n) is 8.17. The van der Waals surface area contributed by atoms with E-state index in [1.54, 1.807) is 22.8 Å². The predicted molar refractivity (Wildman–Crippen MR) is 90.0 cm³/mol. The Morgan fingerprint density at radius 3 is 2.83 bits per heavy atom. The summed E-state index contributed by atoms with van der Waals surface area (Å²) in [6.07, 6.45) is 1.80. The summed E-state index contributed by atoms with van der Waals surface area (Å²) in [7, 11) is 1.62. The average molecular weight is 329 g/mol. The molecule has 1 N–H and O–H groups in total. The van der Waals surface area contributed by atoms with Gasteiger partial charge in [-0.1, -0.05) is 12.1 Å². The smallest absolute Gasteiger partial charge is 0.274 e. The van der Waals surface area contributed by atoms with E-state index in [9.17, 15) is 9.90 Å². The minimum absolute atomic E-state index is 0.154. The summed E-state index contributed by atoms with van der Waals surface area (Å²) in [6.45, 7) is 4.34. The van der Waals surface area contributed by atoms with Gasteiger partial charge in [0, 0.05) is 18.8 Å². The molecule has 1 saturated heterocycles. The molecule has 0 saturated carbocycles. The van der Waals surface area contributed by atoms with Crippen molar-refractivity contribution in [3.8, 4) is 5.75 Å². The van der Waals surface area contributed by atoms with Crippen LogP contribution < -0.4 is 4.74 Å². The molecule has 1 aromatic carbocycles. The zero-order valence-electron chi connectivity index (χ0n) is 14.2. The molecule has 128 valence electrons. The van der Waals surface area contributed by atoms with Gasteiger partial charge in [0.05, 0.1) is 19.3 Å². The molecule has 2 heterocycles. The molecule has 3 rings (SSSR count). The highest BCUT2D eigenvalue weighted by Gasteiger charge is 2.36. The number of likely N-dealkylation sites (tertiary alicyclic amines) is 1. The van der Waals surface area contributed by atoms with Crippen LogP contribution in [0, 0.1) is 0 Å². The molecule has 0 radical (unpaired) electrons. The summed E-state index contributed by atoms with van der Waals surface area (Å²) in [5.41, 5.74) is 1.37. The van der Waals surface area contributed by atoms with E-state index in [0.717, 1.165) is 11.3 Å². The number of aliphatic hydroxyl groups is 1. The second-order valence-electron chi connectivity index (χ2n) is 6.41. The molecule has 1 aliphatic heterocycles. The van der Waals surface area contributed by atoms with Crippen molar-refractivity contribution in [1.29, 1.82) is 0 Å². The van der Waals surface area contributed by atoms with E-state index in [0.29, 0.717) is 18.7 Å². The first-order valence-corrected chi connectivity index (χ1v) is 8.17. The van der Waals surface area contributed by atoms with Crippen molar-refractivity contribution >= 4 is 5.91 Å². The molecule has 1 aromatic heterocycles. The van der Waals surface area contributed by atoms with Gasteiger partial charge in [-0.05, 0) is 44.0 Å². The Bertz CT molecular complexity index is 726. The zero-order chi connectivity index (χ0) is 17.3. The average Bonchev–Trinajstić information content (AvgIpc) is 3.21. The number of carbonyl (C=O) groups excluding carboxylic acids is 1. The van der Waals surface area contributed by atoms with Gasteiger partial charge in [-0.3, -0.25) is 9.48 Å². The molecule has 6 nitrogen and oxygen atoms in total. The van der Waals surface area contributed by atoms with Crippen molar-refractivity contribution in [2.45, 2.75) is 38.5 Å². The van der Waals surface area contributed by atoms with E-state index >= 15 is 0 Å². The maximum atomic E-state index is 12.9. The Labute approximate surface area is 141 Å². The van der Waals surface area contributed by atoms with E-state index in [2.05, 4.69) is 5.10 Å². The Kier molecular flexibility index (Phi) is 4.57. The molecule has 2 aromatic rings. The second-order valence-corrected chi connectivity index (χ2v) is 6.41. The number of amides is 1. The van der Waals surface area contributed by atoms with Crippen LogP contribution in [0.4, 0.5) is 0 Å². The van der Waals surface area contributed by atoms with Crippen molar-refractivity contribution in [1.82, 2.24) is 14.7 Å². The highest BCUT2D eigenvalue weighted by Crippen LogP contribution is 2.34. The molecule has 24 heavy (non-hydrogen) atoms. The molecule has 2 atom stereocenters. The van der Waals surface area contributed by atoms with Crippen molar-refractivity contribution < 1.29 is 14.6 Å². The molecule has 0 spiro atoms. The Morgan fingerprint density at radius 1 is 1.38 bits per heavy atom. The first-order chi connectivity index (χ1) is 11.5. The molecule has 1 aliphatic rings. The van der Waals surface area contributed by atoms with Gasteiger partial charge in [-0.15, -0.1) is 0 Å². The number of aliphatic hydroxyl groups excluding tert-OH is 1. The molecule has 0 bridgehead atoms. The number of ether oxygens (including phenoxy) is 1.